The average Bonchev–Trinajstić information content (AvgIpc) is 2.69. The molecule has 2 rings (SSSR count). The Bertz CT molecular complexity index is 872. The van der Waals surface area contributed by atoms with Gasteiger partial charge in [-0.1, -0.05) is 24.3 Å². The molecule has 0 bridgehead atoms. The van der Waals surface area contributed by atoms with Crippen molar-refractivity contribution in [3.8, 4) is 11.5 Å². The van der Waals surface area contributed by atoms with Crippen LogP contribution in [0.5, 0.6) is 11.5 Å². The van der Waals surface area contributed by atoms with Gasteiger partial charge in [0.1, 0.15) is 11.5 Å². The Morgan fingerprint density at radius 3 is 1.18 bits per heavy atom. The lowest BCUT2D eigenvalue weighted by Gasteiger charge is -2.38. The van der Waals surface area contributed by atoms with E-state index in [0.29, 0.717) is 24.3 Å². The summed E-state index contributed by atoms with van der Waals surface area (Å²) in [6, 6.07) is 5.37. The predicted octanol–water partition coefficient (Wildman–Crippen LogP) is 6.17. The van der Waals surface area contributed by atoms with Gasteiger partial charge in [0.05, 0.1) is 13.2 Å². The van der Waals surface area contributed by atoms with E-state index in [-0.39, 0.29) is 24.7 Å². The van der Waals surface area contributed by atoms with E-state index in [2.05, 4.69) is 18.9 Å². The monoisotopic (exact) mass is 480 g/mol. The second-order valence-electron chi connectivity index (χ2n) is 6.36. The van der Waals surface area contributed by atoms with Gasteiger partial charge < -0.3 is 18.9 Å². The molecule has 0 N–H and O–H groups in total. The third kappa shape index (κ3) is 5.49. The summed E-state index contributed by atoms with van der Waals surface area (Å²) in [5.74, 6) is -0.623. The number of hydrogen-bond donors (Lipinski definition) is 0. The van der Waals surface area contributed by atoms with Gasteiger partial charge in [0, 0.05) is 0 Å². The first kappa shape index (κ1) is 25.8. The summed E-state index contributed by atoms with van der Waals surface area (Å²) >= 11 is 0. The van der Waals surface area contributed by atoms with Crippen molar-refractivity contribution in [3.63, 3.8) is 0 Å². The van der Waals surface area contributed by atoms with Gasteiger partial charge in [-0.2, -0.15) is 26.3 Å². The number of halogens is 6. The van der Waals surface area contributed by atoms with Crippen molar-refractivity contribution in [1.29, 1.82) is 0 Å². The molecular formula is C21H18F6O6. The minimum atomic E-state index is -5.82. The number of ether oxygens (including phenoxy) is 4. The third-order valence-electron chi connectivity index (χ3n) is 4.35. The largest absolute Gasteiger partial charge is 0.513 e. The molecule has 0 aliphatic rings. The van der Waals surface area contributed by atoms with Gasteiger partial charge in [0.25, 0.3) is 0 Å². The van der Waals surface area contributed by atoms with Crippen LogP contribution in [0.15, 0.2) is 48.5 Å². The molecule has 0 fully saturated rings. The van der Waals surface area contributed by atoms with E-state index in [1.165, 1.54) is 13.8 Å². The molecule has 6 nitrogen and oxygen atoms in total. The highest BCUT2D eigenvalue weighted by Gasteiger charge is 2.72. The highest BCUT2D eigenvalue weighted by Crippen LogP contribution is 2.56. The fourth-order valence-electron chi connectivity index (χ4n) is 3.02. The summed E-state index contributed by atoms with van der Waals surface area (Å²) in [7, 11) is 0. The topological polar surface area (TPSA) is 71.1 Å². The molecule has 33 heavy (non-hydrogen) atoms. The van der Waals surface area contributed by atoms with E-state index in [1.54, 1.807) is 0 Å². The summed E-state index contributed by atoms with van der Waals surface area (Å²) in [6.45, 7) is 2.87. The SMILES string of the molecule is CCOC(=O)Oc1ccc(C(c2ccc(OC(=O)OCC)cc2)(C(F)(F)F)C(F)(F)F)cc1. The smallest absolute Gasteiger partial charge is 0.434 e. The maximum Gasteiger partial charge on any atom is 0.513 e. The number of carbonyl (C=O) groups excluding carboxylic acids is 2. The summed E-state index contributed by atoms with van der Waals surface area (Å²) in [4.78, 5) is 22.7. The van der Waals surface area contributed by atoms with Gasteiger partial charge in [-0.25, -0.2) is 9.59 Å². The van der Waals surface area contributed by atoms with Crippen LogP contribution in [0.3, 0.4) is 0 Å². The van der Waals surface area contributed by atoms with Crippen LogP contribution in [0.1, 0.15) is 25.0 Å². The van der Waals surface area contributed by atoms with Crippen molar-refractivity contribution in [3.05, 3.63) is 59.7 Å². The molecule has 180 valence electrons. The first-order chi connectivity index (χ1) is 15.4. The van der Waals surface area contributed by atoms with Gasteiger partial charge in [-0.3, -0.25) is 0 Å². The highest BCUT2D eigenvalue weighted by atomic mass is 19.4. The molecule has 0 spiro atoms. The maximum atomic E-state index is 14.1. The molecule has 0 aliphatic carbocycles. The molecule has 0 saturated heterocycles. The quantitative estimate of drug-likeness (QED) is 0.280. The van der Waals surface area contributed by atoms with Crippen LogP contribution in [0.25, 0.3) is 0 Å². The average molecular weight is 480 g/mol. The van der Waals surface area contributed by atoms with Crippen molar-refractivity contribution < 1.29 is 54.9 Å². The van der Waals surface area contributed by atoms with Crippen LogP contribution >= 0.6 is 0 Å². The lowest BCUT2D eigenvalue weighted by Crippen LogP contribution is -2.54. The number of hydrogen-bond acceptors (Lipinski definition) is 6. The van der Waals surface area contributed by atoms with Gasteiger partial charge in [0.2, 0.25) is 5.41 Å². The van der Waals surface area contributed by atoms with Gasteiger partial charge in [0.15, 0.2) is 0 Å². The summed E-state index contributed by atoms with van der Waals surface area (Å²) < 4.78 is 103. The normalized spacial score (nSPS) is 12.1. The van der Waals surface area contributed by atoms with Crippen LogP contribution in [-0.2, 0) is 14.9 Å². The minimum absolute atomic E-state index is 0.0436. The molecular weight excluding hydrogens is 462 g/mol. The van der Waals surface area contributed by atoms with Crippen LogP contribution < -0.4 is 9.47 Å². The van der Waals surface area contributed by atoms with E-state index in [9.17, 15) is 35.9 Å². The van der Waals surface area contributed by atoms with Crippen LogP contribution in [-0.4, -0.2) is 37.9 Å². The lowest BCUT2D eigenvalue weighted by atomic mass is 9.73. The molecule has 0 aliphatic heterocycles. The van der Waals surface area contributed by atoms with Crippen molar-refractivity contribution in [2.75, 3.05) is 13.2 Å². The molecule has 0 amide bonds. The Hall–Kier alpha value is -3.44. The molecule has 2 aromatic carbocycles. The molecule has 12 heteroatoms. The van der Waals surface area contributed by atoms with Crippen LogP contribution in [0, 0.1) is 0 Å². The minimum Gasteiger partial charge on any atom is -0.434 e. The number of alkyl halides is 6. The molecule has 0 saturated carbocycles. The zero-order valence-corrected chi connectivity index (χ0v) is 17.3. The summed E-state index contributed by atoms with van der Waals surface area (Å²) in [5, 5.41) is 0. The van der Waals surface area contributed by atoms with Gasteiger partial charge in [-0.15, -0.1) is 0 Å². The second-order valence-corrected chi connectivity index (χ2v) is 6.36. The van der Waals surface area contributed by atoms with E-state index in [4.69, 9.17) is 0 Å². The standard InChI is InChI=1S/C21H18F6O6/c1-3-30-17(28)32-15-9-5-13(6-10-15)19(20(22,23)24,21(25,26)27)14-7-11-16(12-8-14)33-18(29)31-4-2/h5-12H,3-4H2,1-2H3. The summed E-state index contributed by atoms with van der Waals surface area (Å²) in [6.07, 6.45) is -14.0. The molecule has 0 aromatic heterocycles. The second kappa shape index (κ2) is 10.0. The molecule has 0 radical (unpaired) electrons. The Labute approximate surface area is 184 Å². The van der Waals surface area contributed by atoms with E-state index in [0.717, 1.165) is 24.3 Å². The van der Waals surface area contributed by atoms with E-state index >= 15 is 0 Å². The molecule has 0 unspecified atom stereocenters. The highest BCUT2D eigenvalue weighted by molar-refractivity contribution is 5.64. The first-order valence-corrected chi connectivity index (χ1v) is 9.40. The zero-order chi connectivity index (χ0) is 24.9. The fraction of sp³-hybridized carbons (Fsp3) is 0.333. The van der Waals surface area contributed by atoms with Crippen molar-refractivity contribution in [2.45, 2.75) is 31.6 Å². The first-order valence-electron chi connectivity index (χ1n) is 9.40. The maximum absolute atomic E-state index is 14.1. The third-order valence-corrected chi connectivity index (χ3v) is 4.35. The van der Waals surface area contributed by atoms with Crippen LogP contribution in [0.4, 0.5) is 35.9 Å². The zero-order valence-electron chi connectivity index (χ0n) is 17.3. The van der Waals surface area contributed by atoms with Gasteiger partial charge in [-0.05, 0) is 49.2 Å². The number of rotatable bonds is 6. The lowest BCUT2D eigenvalue weighted by molar-refractivity contribution is -0.288. The van der Waals surface area contributed by atoms with Crippen molar-refractivity contribution in [2.24, 2.45) is 0 Å². The fourth-order valence-corrected chi connectivity index (χ4v) is 3.02. The van der Waals surface area contributed by atoms with Crippen LogP contribution in [0.2, 0.25) is 0 Å². The van der Waals surface area contributed by atoms with Gasteiger partial charge >= 0.3 is 24.7 Å². The predicted molar refractivity (Wildman–Crippen MR) is 101 cm³/mol. The number of benzene rings is 2. The molecule has 0 heterocycles. The molecule has 0 atom stereocenters. The van der Waals surface area contributed by atoms with E-state index in [1.807, 2.05) is 0 Å². The van der Waals surface area contributed by atoms with Crippen molar-refractivity contribution >= 4 is 12.3 Å². The van der Waals surface area contributed by atoms with E-state index < -0.39 is 41.2 Å². The number of carbonyl (C=O) groups is 2. The molecule has 2 aromatic rings. The Balaban J connectivity index is 2.55. The Morgan fingerprint density at radius 2 is 0.939 bits per heavy atom. The Morgan fingerprint density at radius 1 is 0.636 bits per heavy atom. The Kier molecular flexibility index (Phi) is 7.83. The summed E-state index contributed by atoms with van der Waals surface area (Å²) in [5.41, 5.74) is -6.76. The van der Waals surface area contributed by atoms with Crippen molar-refractivity contribution in [1.82, 2.24) is 0 Å².